The normalized spacial score (nSPS) is 11.4. The number of nitrogen functional groups attached to an aromatic ring is 1. The number of nitrogens with two attached hydrogens (primary N) is 1. The molecule has 1 aromatic carbocycles. The van der Waals surface area contributed by atoms with E-state index in [1.807, 2.05) is 0 Å². The highest BCUT2D eigenvalue weighted by molar-refractivity contribution is 6.34. The largest absolute Gasteiger partial charge is 0.464 e. The molecule has 0 saturated heterocycles. The number of nitrogens with zero attached hydrogens (tertiary/aromatic N) is 1. The number of hydrogen-bond donors (Lipinski definition) is 1. The lowest BCUT2D eigenvalue weighted by molar-refractivity contribution is -0.139. The van der Waals surface area contributed by atoms with Gasteiger partial charge in [0.05, 0.1) is 23.4 Å². The number of carbonyl (C=O) groups is 1. The van der Waals surface area contributed by atoms with Crippen LogP contribution in [0.1, 0.15) is 16.1 Å². The maximum absolute atomic E-state index is 13.7. The first-order valence-electron chi connectivity index (χ1n) is 6.06. The summed E-state index contributed by atoms with van der Waals surface area (Å²) >= 11 is 5.78. The van der Waals surface area contributed by atoms with Crippen LogP contribution in [0.5, 0.6) is 0 Å². The highest BCUT2D eigenvalue weighted by Crippen LogP contribution is 2.43. The van der Waals surface area contributed by atoms with E-state index in [1.165, 1.54) is 0 Å². The molecule has 0 spiro atoms. The second-order valence-corrected chi connectivity index (χ2v) is 4.80. The van der Waals surface area contributed by atoms with E-state index in [2.05, 4.69) is 9.72 Å². The average Bonchev–Trinajstić information content (AvgIpc) is 2.47. The van der Waals surface area contributed by atoms with Gasteiger partial charge in [-0.25, -0.2) is 14.2 Å². The molecule has 9 heteroatoms. The fraction of sp³-hybridized carbons (Fsp3) is 0.143. The van der Waals surface area contributed by atoms with Crippen molar-refractivity contribution in [1.82, 2.24) is 4.98 Å². The molecule has 0 unspecified atom stereocenters. The van der Waals surface area contributed by atoms with Gasteiger partial charge in [0.2, 0.25) is 0 Å². The van der Waals surface area contributed by atoms with Crippen LogP contribution < -0.4 is 5.73 Å². The SMILES string of the molecule is COC(=O)c1ncc(Cl)c(N)c1-c1cccc(F)c1C(F)(F)F. The lowest BCUT2D eigenvalue weighted by Crippen LogP contribution is -2.14. The van der Waals surface area contributed by atoms with E-state index in [9.17, 15) is 22.4 Å². The topological polar surface area (TPSA) is 65.2 Å². The number of pyridine rings is 1. The summed E-state index contributed by atoms with van der Waals surface area (Å²) in [5.74, 6) is -2.54. The first-order valence-corrected chi connectivity index (χ1v) is 6.44. The van der Waals surface area contributed by atoms with Crippen LogP contribution >= 0.6 is 11.6 Å². The molecular weight excluding hydrogens is 340 g/mol. The third-order valence-electron chi connectivity index (χ3n) is 3.02. The predicted octanol–water partition coefficient (Wildman–Crippen LogP) is 3.93. The molecule has 2 rings (SSSR count). The van der Waals surface area contributed by atoms with Gasteiger partial charge in [-0.05, 0) is 6.07 Å². The first-order chi connectivity index (χ1) is 10.7. The van der Waals surface area contributed by atoms with Crippen LogP contribution in [0, 0.1) is 5.82 Å². The minimum absolute atomic E-state index is 0.176. The number of rotatable bonds is 2. The smallest absolute Gasteiger partial charge is 0.419 e. The summed E-state index contributed by atoms with van der Waals surface area (Å²) in [6.45, 7) is 0. The Morgan fingerprint density at radius 2 is 2.00 bits per heavy atom. The zero-order valence-corrected chi connectivity index (χ0v) is 12.3. The van der Waals surface area contributed by atoms with E-state index in [4.69, 9.17) is 17.3 Å². The number of ether oxygens (including phenoxy) is 1. The number of anilines is 1. The number of aromatic nitrogens is 1. The maximum atomic E-state index is 13.7. The molecule has 122 valence electrons. The molecular formula is C14H9ClF4N2O2. The zero-order chi connectivity index (χ0) is 17.4. The number of carbonyl (C=O) groups excluding carboxylic acids is 1. The highest BCUT2D eigenvalue weighted by Gasteiger charge is 2.38. The van der Waals surface area contributed by atoms with E-state index < -0.39 is 40.3 Å². The van der Waals surface area contributed by atoms with Crippen LogP contribution in [-0.2, 0) is 10.9 Å². The molecule has 0 aliphatic carbocycles. The third kappa shape index (κ3) is 3.07. The monoisotopic (exact) mass is 348 g/mol. The highest BCUT2D eigenvalue weighted by atomic mass is 35.5. The molecule has 2 N–H and O–H groups in total. The summed E-state index contributed by atoms with van der Waals surface area (Å²) < 4.78 is 57.8. The summed E-state index contributed by atoms with van der Waals surface area (Å²) in [4.78, 5) is 15.4. The molecule has 1 aromatic heterocycles. The standard InChI is InChI=1S/C14H9ClF4N2O2/c1-23-13(22)12-9(11(20)7(15)5-21-12)6-3-2-4-8(16)10(6)14(17,18)19/h2-5H,1H3,(H2,20,21). The second-order valence-electron chi connectivity index (χ2n) is 4.40. The Hall–Kier alpha value is -2.35. The number of halogens is 5. The minimum atomic E-state index is -5.01. The molecule has 0 radical (unpaired) electrons. The van der Waals surface area contributed by atoms with E-state index in [1.54, 1.807) is 0 Å². The molecule has 0 aliphatic heterocycles. The summed E-state index contributed by atoms with van der Waals surface area (Å²) in [6, 6.07) is 2.68. The van der Waals surface area contributed by atoms with Crippen molar-refractivity contribution in [3.8, 4) is 11.1 Å². The molecule has 0 fully saturated rings. The molecule has 0 saturated carbocycles. The zero-order valence-electron chi connectivity index (χ0n) is 11.5. The fourth-order valence-electron chi connectivity index (χ4n) is 2.05. The van der Waals surface area contributed by atoms with Crippen molar-refractivity contribution in [3.63, 3.8) is 0 Å². The summed E-state index contributed by atoms with van der Waals surface area (Å²) in [6.07, 6.45) is -4.01. The van der Waals surface area contributed by atoms with Crippen LogP contribution in [0.25, 0.3) is 11.1 Å². The Bertz CT molecular complexity index is 778. The Morgan fingerprint density at radius 1 is 1.35 bits per heavy atom. The van der Waals surface area contributed by atoms with Crippen LogP contribution in [0.4, 0.5) is 23.2 Å². The number of methoxy groups -OCH3 is 1. The van der Waals surface area contributed by atoms with Gasteiger partial charge in [0.25, 0.3) is 0 Å². The molecule has 4 nitrogen and oxygen atoms in total. The van der Waals surface area contributed by atoms with Crippen molar-refractivity contribution in [3.05, 3.63) is 46.5 Å². The van der Waals surface area contributed by atoms with Crippen molar-refractivity contribution in [2.45, 2.75) is 6.18 Å². The van der Waals surface area contributed by atoms with Crippen molar-refractivity contribution in [1.29, 1.82) is 0 Å². The van der Waals surface area contributed by atoms with Gasteiger partial charge in [-0.3, -0.25) is 0 Å². The second kappa shape index (κ2) is 6.04. The molecule has 23 heavy (non-hydrogen) atoms. The van der Waals surface area contributed by atoms with Gasteiger partial charge in [-0.2, -0.15) is 13.2 Å². The lowest BCUT2D eigenvalue weighted by atomic mass is 9.96. The molecule has 0 atom stereocenters. The molecule has 2 aromatic rings. The van der Waals surface area contributed by atoms with Crippen molar-refractivity contribution < 1.29 is 27.1 Å². The van der Waals surface area contributed by atoms with Crippen LogP contribution in [0.15, 0.2) is 24.4 Å². The van der Waals surface area contributed by atoms with Crippen molar-refractivity contribution >= 4 is 23.3 Å². The molecule has 1 heterocycles. The van der Waals surface area contributed by atoms with E-state index in [-0.39, 0.29) is 10.7 Å². The summed E-state index contributed by atoms with van der Waals surface area (Å²) in [5.41, 5.74) is 2.22. The number of esters is 1. The Kier molecular flexibility index (Phi) is 4.46. The maximum Gasteiger partial charge on any atom is 0.419 e. The fourth-order valence-corrected chi connectivity index (χ4v) is 2.19. The van der Waals surface area contributed by atoms with Gasteiger partial charge in [0, 0.05) is 17.3 Å². The van der Waals surface area contributed by atoms with E-state index in [0.29, 0.717) is 6.07 Å². The van der Waals surface area contributed by atoms with Gasteiger partial charge in [-0.1, -0.05) is 23.7 Å². The van der Waals surface area contributed by atoms with Crippen LogP contribution in [0.3, 0.4) is 0 Å². The van der Waals surface area contributed by atoms with Gasteiger partial charge >= 0.3 is 12.1 Å². The Balaban J connectivity index is 2.90. The number of alkyl halides is 3. The number of benzene rings is 1. The Morgan fingerprint density at radius 3 is 2.57 bits per heavy atom. The summed E-state index contributed by atoms with van der Waals surface area (Å²) in [5, 5.41) is -0.176. The molecule has 0 bridgehead atoms. The van der Waals surface area contributed by atoms with E-state index >= 15 is 0 Å². The van der Waals surface area contributed by atoms with Crippen LogP contribution in [0.2, 0.25) is 5.02 Å². The van der Waals surface area contributed by atoms with Crippen molar-refractivity contribution in [2.75, 3.05) is 12.8 Å². The third-order valence-corrected chi connectivity index (χ3v) is 3.32. The van der Waals surface area contributed by atoms with Crippen LogP contribution in [-0.4, -0.2) is 18.1 Å². The summed E-state index contributed by atoms with van der Waals surface area (Å²) in [7, 11) is 1.02. The lowest BCUT2D eigenvalue weighted by Gasteiger charge is -2.17. The van der Waals surface area contributed by atoms with Gasteiger partial charge < -0.3 is 10.5 Å². The van der Waals surface area contributed by atoms with Gasteiger partial charge in [0.1, 0.15) is 5.82 Å². The van der Waals surface area contributed by atoms with E-state index in [0.717, 1.165) is 25.4 Å². The van der Waals surface area contributed by atoms with Crippen molar-refractivity contribution in [2.24, 2.45) is 0 Å². The Labute approximate surface area is 132 Å². The number of hydrogen-bond acceptors (Lipinski definition) is 4. The van der Waals surface area contributed by atoms with Gasteiger partial charge in [-0.15, -0.1) is 0 Å². The first kappa shape index (κ1) is 17.0. The predicted molar refractivity (Wildman–Crippen MR) is 75.4 cm³/mol. The molecule has 0 aliphatic rings. The molecule has 0 amide bonds. The average molecular weight is 349 g/mol. The minimum Gasteiger partial charge on any atom is -0.464 e. The quantitative estimate of drug-likeness (QED) is 0.659. The van der Waals surface area contributed by atoms with Gasteiger partial charge in [0.15, 0.2) is 5.69 Å².